The Kier molecular flexibility index (Phi) is 5.61. The smallest absolute Gasteiger partial charge is 0.223 e. The van der Waals surface area contributed by atoms with Gasteiger partial charge in [-0.05, 0) is 61.7 Å². The zero-order valence-corrected chi connectivity index (χ0v) is 15.9. The van der Waals surface area contributed by atoms with Crippen LogP contribution in [0.5, 0.6) is 0 Å². The Morgan fingerprint density at radius 2 is 1.62 bits per heavy atom. The summed E-state index contributed by atoms with van der Waals surface area (Å²) in [5.74, 6) is 0.423. The van der Waals surface area contributed by atoms with Gasteiger partial charge in [-0.2, -0.15) is 0 Å². The predicted molar refractivity (Wildman–Crippen MR) is 106 cm³/mol. The predicted octanol–water partition coefficient (Wildman–Crippen LogP) is 3.96. The van der Waals surface area contributed by atoms with Crippen LogP contribution in [0, 0.1) is 0 Å². The molecule has 0 unspecified atom stereocenters. The number of halogens is 1. The van der Waals surface area contributed by atoms with Crippen molar-refractivity contribution in [3.63, 3.8) is 0 Å². The molecule has 4 nitrogen and oxygen atoms in total. The standard InChI is InChI=1S/C20H20N2O2S.ClH/c23-25(24,17-6-2-1-3-7-17)19-10-9-16-5-4-8-18(20(16)22-19)15-11-13-21-14-12-15;/h1-10,15,21H,11-14H2;1H. The summed E-state index contributed by atoms with van der Waals surface area (Å²) in [6.07, 6.45) is 2.10. The first-order valence-electron chi connectivity index (χ1n) is 8.57. The molecular formula is C20H21ClN2O2S. The van der Waals surface area contributed by atoms with Gasteiger partial charge in [0.2, 0.25) is 9.84 Å². The SMILES string of the molecule is Cl.O=S(=O)(c1ccccc1)c1ccc2cccc(C3CCNCC3)c2n1. The van der Waals surface area contributed by atoms with Crippen LogP contribution in [0.25, 0.3) is 10.9 Å². The maximum absolute atomic E-state index is 12.9. The van der Waals surface area contributed by atoms with Gasteiger partial charge in [0.05, 0.1) is 10.4 Å². The monoisotopic (exact) mass is 388 g/mol. The molecule has 2 aromatic carbocycles. The van der Waals surface area contributed by atoms with Crippen LogP contribution in [-0.2, 0) is 9.84 Å². The Morgan fingerprint density at radius 3 is 2.35 bits per heavy atom. The summed E-state index contributed by atoms with van der Waals surface area (Å²) >= 11 is 0. The van der Waals surface area contributed by atoms with Gasteiger partial charge in [-0.25, -0.2) is 13.4 Å². The molecule has 4 rings (SSSR count). The summed E-state index contributed by atoms with van der Waals surface area (Å²) in [4.78, 5) is 4.87. The molecule has 1 aliphatic rings. The topological polar surface area (TPSA) is 59.1 Å². The Balaban J connectivity index is 0.00000196. The first-order valence-corrected chi connectivity index (χ1v) is 10.0. The Bertz CT molecular complexity index is 1000. The van der Waals surface area contributed by atoms with Crippen LogP contribution in [-0.4, -0.2) is 26.5 Å². The second kappa shape index (κ2) is 7.74. The number of sulfone groups is 1. The molecule has 1 aromatic heterocycles. The summed E-state index contributed by atoms with van der Waals surface area (Å²) in [6.45, 7) is 1.98. The van der Waals surface area contributed by atoms with Crippen molar-refractivity contribution >= 4 is 33.1 Å². The van der Waals surface area contributed by atoms with Gasteiger partial charge in [-0.15, -0.1) is 12.4 Å². The zero-order chi connectivity index (χ0) is 17.3. The van der Waals surface area contributed by atoms with E-state index in [1.54, 1.807) is 30.3 Å². The van der Waals surface area contributed by atoms with Crippen LogP contribution >= 0.6 is 12.4 Å². The molecule has 136 valence electrons. The summed E-state index contributed by atoms with van der Waals surface area (Å²) in [5, 5.41) is 4.48. The van der Waals surface area contributed by atoms with E-state index in [1.165, 1.54) is 0 Å². The fourth-order valence-corrected chi connectivity index (χ4v) is 4.70. The Morgan fingerprint density at radius 1 is 0.885 bits per heavy atom. The van der Waals surface area contributed by atoms with Gasteiger partial charge in [0.25, 0.3) is 0 Å². The molecule has 6 heteroatoms. The van der Waals surface area contributed by atoms with Crippen molar-refractivity contribution in [2.75, 3.05) is 13.1 Å². The van der Waals surface area contributed by atoms with E-state index in [0.29, 0.717) is 5.92 Å². The van der Waals surface area contributed by atoms with E-state index in [2.05, 4.69) is 16.4 Å². The summed E-state index contributed by atoms with van der Waals surface area (Å²) < 4.78 is 25.8. The zero-order valence-electron chi connectivity index (χ0n) is 14.3. The third kappa shape index (κ3) is 3.47. The second-order valence-electron chi connectivity index (χ2n) is 6.41. The minimum absolute atomic E-state index is 0. The highest BCUT2D eigenvalue weighted by molar-refractivity contribution is 7.91. The molecule has 0 atom stereocenters. The van der Waals surface area contributed by atoms with Crippen molar-refractivity contribution in [1.29, 1.82) is 0 Å². The van der Waals surface area contributed by atoms with Crippen LogP contribution in [0.1, 0.15) is 24.3 Å². The van der Waals surface area contributed by atoms with Gasteiger partial charge in [0.15, 0.2) is 5.03 Å². The number of para-hydroxylation sites is 1. The molecule has 1 aliphatic heterocycles. The number of piperidine rings is 1. The van der Waals surface area contributed by atoms with Crippen LogP contribution < -0.4 is 5.32 Å². The molecule has 3 aromatic rings. The van der Waals surface area contributed by atoms with Gasteiger partial charge in [0, 0.05) is 5.39 Å². The van der Waals surface area contributed by atoms with Gasteiger partial charge in [-0.1, -0.05) is 36.4 Å². The number of aromatic nitrogens is 1. The normalized spacial score (nSPS) is 15.5. The number of benzene rings is 2. The van der Waals surface area contributed by atoms with Crippen LogP contribution in [0.3, 0.4) is 0 Å². The Labute approximate surface area is 160 Å². The molecule has 0 amide bonds. The van der Waals surface area contributed by atoms with Gasteiger partial charge >= 0.3 is 0 Å². The maximum atomic E-state index is 12.9. The first kappa shape index (κ1) is 18.8. The average molecular weight is 389 g/mol. The fourth-order valence-electron chi connectivity index (χ4n) is 3.48. The van der Waals surface area contributed by atoms with Crippen LogP contribution in [0.15, 0.2) is 70.6 Å². The van der Waals surface area contributed by atoms with Crippen molar-refractivity contribution in [3.8, 4) is 0 Å². The molecule has 0 bridgehead atoms. The summed E-state index contributed by atoms with van der Waals surface area (Å²) in [6, 6.07) is 18.1. The van der Waals surface area contributed by atoms with E-state index in [9.17, 15) is 8.42 Å². The number of nitrogens with zero attached hydrogens (tertiary/aromatic N) is 1. The highest BCUT2D eigenvalue weighted by Crippen LogP contribution is 2.31. The van der Waals surface area contributed by atoms with Gasteiger partial charge in [-0.3, -0.25) is 0 Å². The molecule has 1 fully saturated rings. The average Bonchev–Trinajstić information content (AvgIpc) is 2.68. The number of nitrogens with one attached hydrogen (secondary N) is 1. The van der Waals surface area contributed by atoms with Crippen LogP contribution in [0.4, 0.5) is 0 Å². The lowest BCUT2D eigenvalue weighted by Gasteiger charge is -2.24. The van der Waals surface area contributed by atoms with E-state index >= 15 is 0 Å². The summed E-state index contributed by atoms with van der Waals surface area (Å²) in [7, 11) is -3.60. The van der Waals surface area contributed by atoms with E-state index in [1.807, 2.05) is 24.3 Å². The minimum atomic E-state index is -3.60. The first-order chi connectivity index (χ1) is 12.2. The highest BCUT2D eigenvalue weighted by Gasteiger charge is 2.22. The molecule has 1 N–H and O–H groups in total. The lowest BCUT2D eigenvalue weighted by atomic mass is 9.89. The van der Waals surface area contributed by atoms with Gasteiger partial charge < -0.3 is 5.32 Å². The quantitative estimate of drug-likeness (QED) is 0.737. The second-order valence-corrected chi connectivity index (χ2v) is 8.31. The minimum Gasteiger partial charge on any atom is -0.317 e. The van der Waals surface area contributed by atoms with E-state index in [4.69, 9.17) is 0 Å². The van der Waals surface area contributed by atoms with Crippen molar-refractivity contribution in [1.82, 2.24) is 10.3 Å². The third-order valence-electron chi connectivity index (χ3n) is 4.83. The highest BCUT2D eigenvalue weighted by atomic mass is 35.5. The largest absolute Gasteiger partial charge is 0.317 e. The molecule has 2 heterocycles. The molecule has 0 saturated carbocycles. The number of fused-ring (bicyclic) bond motifs is 1. The van der Waals surface area contributed by atoms with Crippen molar-refractivity contribution in [2.24, 2.45) is 0 Å². The van der Waals surface area contributed by atoms with E-state index in [-0.39, 0.29) is 22.3 Å². The van der Waals surface area contributed by atoms with Crippen molar-refractivity contribution in [2.45, 2.75) is 28.7 Å². The lowest BCUT2D eigenvalue weighted by Crippen LogP contribution is -2.26. The maximum Gasteiger partial charge on any atom is 0.223 e. The lowest BCUT2D eigenvalue weighted by molar-refractivity contribution is 0.462. The molecule has 0 radical (unpaired) electrons. The van der Waals surface area contributed by atoms with Gasteiger partial charge in [0.1, 0.15) is 0 Å². The van der Waals surface area contributed by atoms with Crippen molar-refractivity contribution < 1.29 is 8.42 Å². The molecule has 26 heavy (non-hydrogen) atoms. The van der Waals surface area contributed by atoms with E-state index < -0.39 is 9.84 Å². The van der Waals surface area contributed by atoms with Crippen LogP contribution in [0.2, 0.25) is 0 Å². The third-order valence-corrected chi connectivity index (χ3v) is 6.50. The number of hydrogen-bond acceptors (Lipinski definition) is 4. The summed E-state index contributed by atoms with van der Waals surface area (Å²) in [5.41, 5.74) is 1.97. The van der Waals surface area contributed by atoms with E-state index in [0.717, 1.165) is 42.4 Å². The molecular weight excluding hydrogens is 368 g/mol. The Hall–Kier alpha value is -1.95. The molecule has 1 saturated heterocycles. The van der Waals surface area contributed by atoms with Crippen molar-refractivity contribution in [3.05, 3.63) is 66.2 Å². The fraction of sp³-hybridized carbons (Fsp3) is 0.250. The molecule has 0 aliphatic carbocycles. The number of hydrogen-bond donors (Lipinski definition) is 1. The number of rotatable bonds is 3. The number of pyridine rings is 1. The molecule has 0 spiro atoms.